The summed E-state index contributed by atoms with van der Waals surface area (Å²) in [6.07, 6.45) is 10.2. The first-order valence-electron chi connectivity index (χ1n) is 10.7. The Hall–Kier alpha value is -2.49. The molecule has 150 valence electrons. The zero-order chi connectivity index (χ0) is 20.2. The van der Waals surface area contributed by atoms with E-state index >= 15 is 0 Å². The van der Waals surface area contributed by atoms with E-state index in [1.54, 1.807) is 0 Å². The summed E-state index contributed by atoms with van der Waals surface area (Å²) in [5.74, 6) is 1.75. The molecule has 3 aliphatic carbocycles. The summed E-state index contributed by atoms with van der Waals surface area (Å²) < 4.78 is 4.91. The van der Waals surface area contributed by atoms with Gasteiger partial charge in [-0.1, -0.05) is 19.1 Å². The SMILES string of the molecule is COC(=O)c1ccc2c(c1)CC[C@@H]1[C@@H]2CC[C@]2(C)C(c3cnnc(C)c3)=CC[C@@H]12. The lowest BCUT2D eigenvalue weighted by molar-refractivity contribution is 0.0600. The zero-order valence-corrected chi connectivity index (χ0v) is 17.4. The molecule has 0 amide bonds. The summed E-state index contributed by atoms with van der Waals surface area (Å²) in [7, 11) is 1.45. The van der Waals surface area contributed by atoms with Crippen LogP contribution in [0.15, 0.2) is 36.5 Å². The quantitative estimate of drug-likeness (QED) is 0.670. The minimum Gasteiger partial charge on any atom is -0.465 e. The standard InChI is InChI=1S/C25H28N2O2/c1-15-12-18(14-26-27-15)22-8-9-23-21-7-4-16-13-17(24(28)29-3)5-6-19(16)20(21)10-11-25(22,23)2/h5-6,8,12-14,20-21,23H,4,7,9-11H2,1-3H3/t20-,21-,23+,25-/m1/s1. The van der Waals surface area contributed by atoms with Gasteiger partial charge in [0.25, 0.3) is 0 Å². The number of allylic oxidation sites excluding steroid dienone is 2. The van der Waals surface area contributed by atoms with E-state index in [2.05, 4.69) is 41.4 Å². The largest absolute Gasteiger partial charge is 0.465 e. The first-order chi connectivity index (χ1) is 14.0. The molecule has 0 spiro atoms. The molecule has 0 aliphatic heterocycles. The van der Waals surface area contributed by atoms with Gasteiger partial charge in [-0.2, -0.15) is 10.2 Å². The number of nitrogens with zero attached hydrogens (tertiary/aromatic N) is 2. The average molecular weight is 389 g/mol. The molecule has 4 heteroatoms. The smallest absolute Gasteiger partial charge is 0.337 e. The van der Waals surface area contributed by atoms with Gasteiger partial charge in [0.2, 0.25) is 0 Å². The monoisotopic (exact) mass is 388 g/mol. The van der Waals surface area contributed by atoms with E-state index in [4.69, 9.17) is 4.74 Å². The van der Waals surface area contributed by atoms with Crippen molar-refractivity contribution >= 4 is 11.5 Å². The number of ether oxygens (including phenoxy) is 1. The predicted molar refractivity (Wildman–Crippen MR) is 113 cm³/mol. The highest BCUT2D eigenvalue weighted by Gasteiger charge is 2.51. The Balaban J connectivity index is 1.45. The van der Waals surface area contributed by atoms with Gasteiger partial charge in [0.15, 0.2) is 0 Å². The minimum absolute atomic E-state index is 0.222. The van der Waals surface area contributed by atoms with Crippen LogP contribution >= 0.6 is 0 Å². The van der Waals surface area contributed by atoms with Crippen LogP contribution in [0.25, 0.3) is 5.57 Å². The summed E-state index contributed by atoms with van der Waals surface area (Å²) >= 11 is 0. The Kier molecular flexibility index (Phi) is 4.34. The molecule has 29 heavy (non-hydrogen) atoms. The summed E-state index contributed by atoms with van der Waals surface area (Å²) in [6, 6.07) is 8.39. The number of rotatable bonds is 2. The number of hydrogen-bond acceptors (Lipinski definition) is 4. The van der Waals surface area contributed by atoms with E-state index < -0.39 is 0 Å². The van der Waals surface area contributed by atoms with Crippen LogP contribution in [0.2, 0.25) is 0 Å². The summed E-state index contributed by atoms with van der Waals surface area (Å²) in [5.41, 5.74) is 7.42. The topological polar surface area (TPSA) is 52.1 Å². The number of esters is 1. The summed E-state index contributed by atoms with van der Waals surface area (Å²) in [5, 5.41) is 8.35. The second-order valence-corrected chi connectivity index (χ2v) is 9.22. The molecule has 4 nitrogen and oxygen atoms in total. The van der Waals surface area contributed by atoms with E-state index in [0.717, 1.165) is 18.5 Å². The second kappa shape index (κ2) is 6.79. The molecule has 0 N–H and O–H groups in total. The highest BCUT2D eigenvalue weighted by atomic mass is 16.5. The lowest BCUT2D eigenvalue weighted by Crippen LogP contribution is -2.41. The minimum atomic E-state index is -0.239. The second-order valence-electron chi connectivity index (χ2n) is 9.22. The molecule has 1 aromatic carbocycles. The fraction of sp³-hybridized carbons (Fsp3) is 0.480. The van der Waals surface area contributed by atoms with Gasteiger partial charge >= 0.3 is 5.97 Å². The van der Waals surface area contributed by atoms with E-state index in [9.17, 15) is 4.79 Å². The molecule has 0 unspecified atom stereocenters. The van der Waals surface area contributed by atoms with Crippen molar-refractivity contribution in [1.82, 2.24) is 10.2 Å². The number of benzene rings is 1. The molecule has 1 aromatic heterocycles. The molecule has 2 aromatic rings. The average Bonchev–Trinajstić information content (AvgIpc) is 3.09. The zero-order valence-electron chi connectivity index (χ0n) is 17.4. The van der Waals surface area contributed by atoms with E-state index in [1.165, 1.54) is 48.6 Å². The van der Waals surface area contributed by atoms with Crippen molar-refractivity contribution in [2.24, 2.45) is 17.3 Å². The van der Waals surface area contributed by atoms with Crippen LogP contribution in [0.3, 0.4) is 0 Å². The van der Waals surface area contributed by atoms with Gasteiger partial charge in [-0.25, -0.2) is 4.79 Å². The van der Waals surface area contributed by atoms with Crippen LogP contribution in [0, 0.1) is 24.2 Å². The molecule has 5 rings (SSSR count). The number of hydrogen-bond donors (Lipinski definition) is 0. The number of methoxy groups -OCH3 is 1. The first-order valence-corrected chi connectivity index (χ1v) is 10.7. The lowest BCUT2D eigenvalue weighted by Gasteiger charge is -2.50. The van der Waals surface area contributed by atoms with Gasteiger partial charge in [-0.15, -0.1) is 0 Å². The van der Waals surface area contributed by atoms with Crippen molar-refractivity contribution in [3.63, 3.8) is 0 Å². The Bertz CT molecular complexity index is 1010. The molecule has 1 heterocycles. The third kappa shape index (κ3) is 2.84. The fourth-order valence-corrected chi connectivity index (χ4v) is 6.46. The lowest BCUT2D eigenvalue weighted by atomic mass is 9.54. The van der Waals surface area contributed by atoms with Gasteiger partial charge in [-0.3, -0.25) is 0 Å². The summed E-state index contributed by atoms with van der Waals surface area (Å²) in [4.78, 5) is 11.9. The third-order valence-electron chi connectivity index (χ3n) is 7.82. The van der Waals surface area contributed by atoms with Crippen molar-refractivity contribution in [3.05, 3.63) is 64.5 Å². The van der Waals surface area contributed by atoms with Crippen molar-refractivity contribution in [1.29, 1.82) is 0 Å². The number of fused-ring (bicyclic) bond motifs is 5. The van der Waals surface area contributed by atoms with Gasteiger partial charge in [0, 0.05) is 0 Å². The van der Waals surface area contributed by atoms with Crippen LogP contribution < -0.4 is 0 Å². The molecule has 0 radical (unpaired) electrons. The highest BCUT2D eigenvalue weighted by Crippen LogP contribution is 2.63. The maximum absolute atomic E-state index is 11.9. The van der Waals surface area contributed by atoms with Crippen LogP contribution in [0.4, 0.5) is 0 Å². The molecule has 4 atom stereocenters. The Morgan fingerprint density at radius 3 is 2.90 bits per heavy atom. The van der Waals surface area contributed by atoms with Crippen molar-refractivity contribution in [2.45, 2.75) is 51.9 Å². The molecule has 1 fully saturated rings. The van der Waals surface area contributed by atoms with Crippen molar-refractivity contribution < 1.29 is 9.53 Å². The molecule has 0 bridgehead atoms. The van der Waals surface area contributed by atoms with E-state index in [-0.39, 0.29) is 11.4 Å². The third-order valence-corrected chi connectivity index (χ3v) is 7.82. The van der Waals surface area contributed by atoms with Crippen LogP contribution in [0.1, 0.15) is 71.3 Å². The molecular formula is C25H28N2O2. The Morgan fingerprint density at radius 2 is 2.10 bits per heavy atom. The molecule has 3 aliphatic rings. The number of carbonyl (C=O) groups is 1. The maximum atomic E-state index is 11.9. The van der Waals surface area contributed by atoms with E-state index in [0.29, 0.717) is 23.3 Å². The van der Waals surface area contributed by atoms with Crippen molar-refractivity contribution in [2.75, 3.05) is 7.11 Å². The predicted octanol–water partition coefficient (Wildman–Crippen LogP) is 5.12. The fourth-order valence-electron chi connectivity index (χ4n) is 6.46. The van der Waals surface area contributed by atoms with Crippen LogP contribution in [-0.4, -0.2) is 23.3 Å². The Labute approximate surface area is 172 Å². The van der Waals surface area contributed by atoms with Crippen molar-refractivity contribution in [3.8, 4) is 0 Å². The maximum Gasteiger partial charge on any atom is 0.337 e. The Morgan fingerprint density at radius 1 is 1.24 bits per heavy atom. The van der Waals surface area contributed by atoms with Gasteiger partial charge < -0.3 is 4.74 Å². The van der Waals surface area contributed by atoms with Crippen LogP contribution in [0.5, 0.6) is 0 Å². The normalized spacial score (nSPS) is 30.0. The number of aromatic nitrogens is 2. The first kappa shape index (κ1) is 18.5. The number of carbonyl (C=O) groups excluding carboxylic acids is 1. The molecule has 1 saturated carbocycles. The van der Waals surface area contributed by atoms with Gasteiger partial charge in [0.1, 0.15) is 0 Å². The number of aryl methyl sites for hydroxylation is 2. The summed E-state index contributed by atoms with van der Waals surface area (Å²) in [6.45, 7) is 4.49. The highest BCUT2D eigenvalue weighted by molar-refractivity contribution is 5.89. The van der Waals surface area contributed by atoms with Gasteiger partial charge in [0.05, 0.1) is 24.6 Å². The van der Waals surface area contributed by atoms with Gasteiger partial charge in [-0.05, 0) is 103 Å². The van der Waals surface area contributed by atoms with Crippen LogP contribution in [-0.2, 0) is 11.2 Å². The molecular weight excluding hydrogens is 360 g/mol. The molecule has 0 saturated heterocycles. The van der Waals surface area contributed by atoms with E-state index in [1.807, 2.05) is 19.2 Å².